The highest BCUT2D eigenvalue weighted by molar-refractivity contribution is 7.00. The Kier molecular flexibility index (Phi) is 8.94. The molecule has 2 aromatic heterocycles. The summed E-state index contributed by atoms with van der Waals surface area (Å²) in [4.78, 5) is 16.5. The third-order valence-electron chi connectivity index (χ3n) is 8.77. The van der Waals surface area contributed by atoms with E-state index in [0.29, 0.717) is 11.1 Å². The van der Waals surface area contributed by atoms with Gasteiger partial charge in [-0.3, -0.25) is 4.57 Å². The maximum Gasteiger partial charge on any atom is 0.346 e. The first-order chi connectivity index (χ1) is 26.1. The van der Waals surface area contributed by atoms with Gasteiger partial charge in [0.05, 0.1) is 28.7 Å². The Morgan fingerprint density at radius 3 is 1.94 bits per heavy atom. The Morgan fingerprint density at radius 2 is 1.28 bits per heavy atom. The van der Waals surface area contributed by atoms with E-state index in [4.69, 9.17) is 10.2 Å². The van der Waals surface area contributed by atoms with Crippen molar-refractivity contribution in [3.8, 4) is 68.6 Å². The molecule has 0 bridgehead atoms. The molecular formula is C45H27N5O2S. The van der Waals surface area contributed by atoms with Crippen LogP contribution in [0, 0.1) is 23.2 Å². The molecule has 0 aliphatic carbocycles. The van der Waals surface area contributed by atoms with Crippen LogP contribution in [0.5, 0.6) is 0 Å². The Balaban J connectivity index is 1.14. The van der Waals surface area contributed by atoms with Crippen molar-refractivity contribution in [1.29, 1.82) is 5.26 Å². The van der Waals surface area contributed by atoms with Crippen molar-refractivity contribution in [2.45, 2.75) is 0 Å². The van der Waals surface area contributed by atoms with Gasteiger partial charge in [0, 0.05) is 33.5 Å². The van der Waals surface area contributed by atoms with E-state index in [-0.39, 0.29) is 5.57 Å². The third-order valence-corrected chi connectivity index (χ3v) is 9.30. The highest BCUT2D eigenvalue weighted by Crippen LogP contribution is 2.38. The molecule has 0 aliphatic heterocycles. The molecule has 8 aromatic rings. The number of hydrogen-bond donors (Lipinski definition) is 1. The predicted molar refractivity (Wildman–Crippen MR) is 210 cm³/mol. The number of carboxylic acid groups (broad SMARTS) is 1. The van der Waals surface area contributed by atoms with Gasteiger partial charge in [-0.15, -0.1) is 0 Å². The number of para-hydroxylation sites is 1. The molecule has 0 saturated heterocycles. The number of rotatable bonds is 7. The van der Waals surface area contributed by atoms with E-state index in [9.17, 15) is 9.90 Å². The first-order valence-corrected chi connectivity index (χ1v) is 17.4. The Morgan fingerprint density at radius 1 is 0.660 bits per heavy atom. The molecule has 0 atom stereocenters. The molecule has 0 saturated carbocycles. The molecular weight excluding hydrogens is 675 g/mol. The van der Waals surface area contributed by atoms with Crippen LogP contribution in [0.3, 0.4) is 0 Å². The van der Waals surface area contributed by atoms with Crippen molar-refractivity contribution in [2.75, 3.05) is 0 Å². The zero-order valence-corrected chi connectivity index (χ0v) is 28.8. The number of imidazole rings is 1. The second-order valence-corrected chi connectivity index (χ2v) is 12.6. The molecule has 0 aliphatic rings. The fraction of sp³-hybridized carbons (Fsp3) is 0. The largest absolute Gasteiger partial charge is 0.477 e. The van der Waals surface area contributed by atoms with Gasteiger partial charge in [-0.05, 0) is 47.5 Å². The average molecular weight is 702 g/mol. The van der Waals surface area contributed by atoms with Gasteiger partial charge >= 0.3 is 5.97 Å². The summed E-state index contributed by atoms with van der Waals surface area (Å²) in [5.41, 5.74) is 11.1. The Hall–Kier alpha value is -7.39. The molecule has 2 heterocycles. The van der Waals surface area contributed by atoms with Gasteiger partial charge in [-0.25, -0.2) is 9.78 Å². The summed E-state index contributed by atoms with van der Waals surface area (Å²) < 4.78 is 11.4. The molecule has 0 unspecified atom stereocenters. The van der Waals surface area contributed by atoms with Crippen LogP contribution in [0.1, 0.15) is 16.7 Å². The van der Waals surface area contributed by atoms with Crippen molar-refractivity contribution in [3.63, 3.8) is 0 Å². The minimum absolute atomic E-state index is 0.325. The molecule has 8 rings (SSSR count). The summed E-state index contributed by atoms with van der Waals surface area (Å²) in [5.74, 6) is 6.19. The number of carboxylic acids is 1. The van der Waals surface area contributed by atoms with E-state index >= 15 is 0 Å². The van der Waals surface area contributed by atoms with Gasteiger partial charge in [-0.2, -0.15) is 14.0 Å². The number of benzene rings is 6. The van der Waals surface area contributed by atoms with E-state index < -0.39 is 5.97 Å². The average Bonchev–Trinajstić information content (AvgIpc) is 3.87. The molecule has 6 aromatic carbocycles. The van der Waals surface area contributed by atoms with Crippen LogP contribution >= 0.6 is 11.7 Å². The summed E-state index contributed by atoms with van der Waals surface area (Å²) in [5, 5.41) is 18.3. The van der Waals surface area contributed by atoms with Crippen LogP contribution in [-0.2, 0) is 4.79 Å². The molecule has 250 valence electrons. The number of nitriles is 1. The number of hydrogen-bond acceptors (Lipinski definition) is 6. The molecule has 0 fully saturated rings. The van der Waals surface area contributed by atoms with Crippen molar-refractivity contribution in [2.24, 2.45) is 0 Å². The van der Waals surface area contributed by atoms with Crippen LogP contribution in [0.2, 0.25) is 0 Å². The monoisotopic (exact) mass is 701 g/mol. The standard InChI is InChI=1S/C45H27N5O2S/c46-29-37(45(51)52)28-31-19-21-32(22-20-31)39-27-26-34(40-42(39)49-53-48-40)23-16-30-17-24-36(25-18-30)44-47-41(33-10-4-1-5-11-33)43(35-12-6-2-7-13-35)50(44)38-14-8-3-9-15-38/h1-15,17-22,24-28H,(H,51,52)/b37-28-. The second kappa shape index (κ2) is 14.5. The van der Waals surface area contributed by atoms with Gasteiger partial charge < -0.3 is 5.11 Å². The highest BCUT2D eigenvalue weighted by Gasteiger charge is 2.22. The van der Waals surface area contributed by atoms with Crippen LogP contribution < -0.4 is 0 Å². The first-order valence-electron chi connectivity index (χ1n) is 16.7. The maximum absolute atomic E-state index is 11.2. The second-order valence-electron chi connectivity index (χ2n) is 12.1. The van der Waals surface area contributed by atoms with Gasteiger partial charge in [0.1, 0.15) is 28.5 Å². The van der Waals surface area contributed by atoms with Gasteiger partial charge in [-0.1, -0.05) is 133 Å². The number of carbonyl (C=O) groups is 1. The zero-order valence-electron chi connectivity index (χ0n) is 28.0. The normalized spacial score (nSPS) is 11.1. The SMILES string of the molecule is N#C/C(=C/c1ccc(-c2ccc(C#Cc3ccc(-c4nc(-c5ccccc5)c(-c5ccccc5)n4-c4ccccc4)cc3)c3nsnc23)cc1)C(=O)O. The minimum atomic E-state index is -1.26. The summed E-state index contributed by atoms with van der Waals surface area (Å²) in [7, 11) is 0. The lowest BCUT2D eigenvalue weighted by Crippen LogP contribution is -2.00. The van der Waals surface area contributed by atoms with Gasteiger partial charge in [0.15, 0.2) is 0 Å². The van der Waals surface area contributed by atoms with E-state index in [1.54, 1.807) is 18.2 Å². The number of fused-ring (bicyclic) bond motifs is 1. The quantitative estimate of drug-likeness (QED) is 0.101. The summed E-state index contributed by atoms with van der Waals surface area (Å²) in [6.07, 6.45) is 1.35. The molecule has 53 heavy (non-hydrogen) atoms. The van der Waals surface area contributed by atoms with Gasteiger partial charge in [0.2, 0.25) is 0 Å². The van der Waals surface area contributed by atoms with Crippen LogP contribution in [-0.4, -0.2) is 29.4 Å². The lowest BCUT2D eigenvalue weighted by atomic mass is 9.99. The van der Waals surface area contributed by atoms with Crippen molar-refractivity contribution in [3.05, 3.63) is 174 Å². The third kappa shape index (κ3) is 6.62. The topological polar surface area (TPSA) is 105 Å². The molecule has 8 heteroatoms. The fourth-order valence-corrected chi connectivity index (χ4v) is 6.79. The van der Waals surface area contributed by atoms with Crippen molar-refractivity contribution < 1.29 is 9.90 Å². The van der Waals surface area contributed by atoms with E-state index in [2.05, 4.69) is 85.8 Å². The van der Waals surface area contributed by atoms with E-state index in [1.807, 2.05) is 78.9 Å². The lowest BCUT2D eigenvalue weighted by Gasteiger charge is -2.13. The summed E-state index contributed by atoms with van der Waals surface area (Å²) in [6, 6.07) is 52.0. The molecule has 0 spiro atoms. The Bertz CT molecular complexity index is 2730. The van der Waals surface area contributed by atoms with E-state index in [0.717, 1.165) is 79.1 Å². The maximum atomic E-state index is 11.2. The molecule has 0 radical (unpaired) electrons. The highest BCUT2D eigenvalue weighted by atomic mass is 32.1. The minimum Gasteiger partial charge on any atom is -0.477 e. The Labute approximate surface area is 309 Å². The predicted octanol–water partition coefficient (Wildman–Crippen LogP) is 9.94. The number of aromatic nitrogens is 4. The fourth-order valence-electron chi connectivity index (χ4n) is 6.21. The smallest absolute Gasteiger partial charge is 0.346 e. The summed E-state index contributed by atoms with van der Waals surface area (Å²) in [6.45, 7) is 0. The molecule has 7 nitrogen and oxygen atoms in total. The number of nitrogens with zero attached hydrogens (tertiary/aromatic N) is 5. The van der Waals surface area contributed by atoms with E-state index in [1.165, 1.54) is 6.08 Å². The van der Waals surface area contributed by atoms with Crippen LogP contribution in [0.25, 0.3) is 67.8 Å². The van der Waals surface area contributed by atoms with Crippen molar-refractivity contribution >= 4 is 34.8 Å². The van der Waals surface area contributed by atoms with Crippen molar-refractivity contribution in [1.82, 2.24) is 18.3 Å². The number of aliphatic carboxylic acids is 1. The lowest BCUT2D eigenvalue weighted by molar-refractivity contribution is -0.132. The first kappa shape index (κ1) is 32.8. The van der Waals surface area contributed by atoms with Crippen LogP contribution in [0.4, 0.5) is 0 Å². The molecule has 0 amide bonds. The van der Waals surface area contributed by atoms with Crippen LogP contribution in [0.15, 0.2) is 157 Å². The molecule has 1 N–H and O–H groups in total. The summed E-state index contributed by atoms with van der Waals surface area (Å²) >= 11 is 1.13. The zero-order chi connectivity index (χ0) is 36.1. The van der Waals surface area contributed by atoms with Gasteiger partial charge in [0.25, 0.3) is 0 Å².